The van der Waals surface area contributed by atoms with Crippen molar-refractivity contribution in [3.63, 3.8) is 0 Å². The smallest absolute Gasteiger partial charge is 0.430 e. The Morgan fingerprint density at radius 2 is 2.12 bits per heavy atom. The molecule has 1 aromatic rings. The van der Waals surface area contributed by atoms with Crippen LogP contribution in [0.5, 0.6) is 0 Å². The number of allylic oxidation sites excluding steroid dienone is 1. The summed E-state index contributed by atoms with van der Waals surface area (Å²) >= 11 is 1.55. The van der Waals surface area contributed by atoms with Gasteiger partial charge in [-0.1, -0.05) is 45.2 Å². The molecule has 0 bridgehead atoms. The van der Waals surface area contributed by atoms with Gasteiger partial charge in [-0.05, 0) is 41.4 Å². The number of ether oxygens (including phenoxy) is 2. The predicted molar refractivity (Wildman–Crippen MR) is 122 cm³/mol. The van der Waals surface area contributed by atoms with Crippen LogP contribution in [0.1, 0.15) is 33.6 Å². The van der Waals surface area contributed by atoms with Crippen molar-refractivity contribution in [1.82, 2.24) is 25.1 Å². The van der Waals surface area contributed by atoms with Gasteiger partial charge in [0, 0.05) is 18.1 Å². The van der Waals surface area contributed by atoms with Crippen LogP contribution in [0.2, 0.25) is 18.1 Å². The summed E-state index contributed by atoms with van der Waals surface area (Å²) in [5.41, 5.74) is 0. The van der Waals surface area contributed by atoms with Crippen molar-refractivity contribution in [2.45, 2.75) is 63.7 Å². The lowest BCUT2D eigenvalue weighted by Gasteiger charge is -2.44. The first-order valence-corrected chi connectivity index (χ1v) is 14.4. The van der Waals surface area contributed by atoms with Crippen molar-refractivity contribution in [2.24, 2.45) is 5.92 Å². The molecule has 10 nitrogen and oxygen atoms in total. The maximum atomic E-state index is 13.0. The minimum Gasteiger partial charge on any atom is -0.430 e. The third kappa shape index (κ3) is 5.23. The van der Waals surface area contributed by atoms with E-state index in [0.29, 0.717) is 19.6 Å². The van der Waals surface area contributed by atoms with Gasteiger partial charge >= 0.3 is 6.16 Å². The molecule has 0 unspecified atom stereocenters. The van der Waals surface area contributed by atoms with Gasteiger partial charge in [0.25, 0.3) is 0 Å². The summed E-state index contributed by atoms with van der Waals surface area (Å²) in [4.78, 5) is 27.4. The number of carbonyl (C=O) groups excluding carboxylic acids is 2. The van der Waals surface area contributed by atoms with Gasteiger partial charge in [-0.15, -0.1) is 5.10 Å². The lowest BCUT2D eigenvalue weighted by molar-refractivity contribution is -0.151. The highest BCUT2D eigenvalue weighted by atomic mass is 32.2. The van der Waals surface area contributed by atoms with Crippen LogP contribution in [0, 0.1) is 5.92 Å². The van der Waals surface area contributed by atoms with Gasteiger partial charge in [-0.2, -0.15) is 0 Å². The van der Waals surface area contributed by atoms with Gasteiger partial charge < -0.3 is 13.9 Å². The Kier molecular flexibility index (Phi) is 7.45. The number of aryl methyl sites for hydroxylation is 1. The van der Waals surface area contributed by atoms with Gasteiger partial charge in [0.15, 0.2) is 8.32 Å². The van der Waals surface area contributed by atoms with Crippen molar-refractivity contribution in [2.75, 3.05) is 13.2 Å². The second-order valence-electron chi connectivity index (χ2n) is 9.25. The number of fused-ring (bicyclic) bond motifs is 1. The molecule has 1 saturated heterocycles. The zero-order chi connectivity index (χ0) is 23.5. The molecule has 3 heterocycles. The van der Waals surface area contributed by atoms with Crippen molar-refractivity contribution in [1.29, 1.82) is 0 Å². The first-order valence-electron chi connectivity index (χ1n) is 10.6. The average molecular weight is 482 g/mol. The number of nitrogens with zero attached hydrogens (tertiary/aromatic N) is 5. The van der Waals surface area contributed by atoms with E-state index in [-0.39, 0.29) is 34.7 Å². The van der Waals surface area contributed by atoms with Gasteiger partial charge in [0.2, 0.25) is 11.8 Å². The van der Waals surface area contributed by atoms with Gasteiger partial charge in [0.1, 0.15) is 18.3 Å². The molecule has 1 aromatic heterocycles. The summed E-state index contributed by atoms with van der Waals surface area (Å²) in [6.07, 6.45) is 3.49. The Hall–Kier alpha value is -2.18. The Morgan fingerprint density at radius 1 is 1.38 bits per heavy atom. The molecule has 0 N–H and O–H groups in total. The van der Waals surface area contributed by atoms with E-state index in [0.717, 1.165) is 11.3 Å². The topological polar surface area (TPSA) is 109 Å². The number of rotatable bonds is 10. The maximum absolute atomic E-state index is 13.0. The summed E-state index contributed by atoms with van der Waals surface area (Å²) in [6, 6.07) is 0. The fraction of sp³-hybridized carbons (Fsp3) is 0.650. The number of amides is 1. The van der Waals surface area contributed by atoms with Crippen LogP contribution >= 0.6 is 11.8 Å². The van der Waals surface area contributed by atoms with Gasteiger partial charge in [-0.3, -0.25) is 9.69 Å². The summed E-state index contributed by atoms with van der Waals surface area (Å²) in [7, 11) is -1.98. The van der Waals surface area contributed by atoms with E-state index in [2.05, 4.69) is 56.0 Å². The summed E-state index contributed by atoms with van der Waals surface area (Å²) in [6.45, 7) is 15.4. The molecule has 12 heteroatoms. The van der Waals surface area contributed by atoms with E-state index in [1.54, 1.807) is 27.7 Å². The SMILES string of the molecule is C=CCOC(=O)OC1=C(CCCn2cnnn2)S[C@@H]2[C@@H](CO[Si](C)(C)C(C)(C)C)C(=O)N12. The van der Waals surface area contributed by atoms with Crippen LogP contribution in [-0.2, 0) is 25.2 Å². The molecular weight excluding hydrogens is 450 g/mol. The van der Waals surface area contributed by atoms with Crippen molar-refractivity contribution >= 4 is 32.1 Å². The molecule has 2 aliphatic heterocycles. The number of thioether (sulfide) groups is 1. The minimum absolute atomic E-state index is 0.0360. The lowest BCUT2D eigenvalue weighted by Crippen LogP contribution is -2.59. The molecule has 2 atom stereocenters. The Balaban J connectivity index is 1.67. The maximum Gasteiger partial charge on any atom is 0.515 e. The highest BCUT2D eigenvalue weighted by Gasteiger charge is 2.56. The van der Waals surface area contributed by atoms with Crippen LogP contribution in [0.3, 0.4) is 0 Å². The number of hydrogen-bond acceptors (Lipinski definition) is 9. The molecular formula is C20H31N5O5SSi. The van der Waals surface area contributed by atoms with E-state index in [1.165, 1.54) is 6.08 Å². The van der Waals surface area contributed by atoms with E-state index < -0.39 is 14.5 Å². The Bertz CT molecular complexity index is 883. The zero-order valence-corrected chi connectivity index (χ0v) is 21.1. The normalized spacial score (nSPS) is 20.8. The molecule has 176 valence electrons. The van der Waals surface area contributed by atoms with Gasteiger partial charge in [0.05, 0.1) is 5.92 Å². The third-order valence-electron chi connectivity index (χ3n) is 5.99. The Morgan fingerprint density at radius 3 is 2.75 bits per heavy atom. The number of carbonyl (C=O) groups is 2. The van der Waals surface area contributed by atoms with Crippen LogP contribution in [0.4, 0.5) is 4.79 Å². The van der Waals surface area contributed by atoms with Crippen LogP contribution in [-0.4, -0.2) is 64.1 Å². The molecule has 0 aliphatic carbocycles. The van der Waals surface area contributed by atoms with Crippen LogP contribution in [0.25, 0.3) is 0 Å². The monoisotopic (exact) mass is 481 g/mol. The minimum atomic E-state index is -1.98. The largest absolute Gasteiger partial charge is 0.515 e. The van der Waals surface area contributed by atoms with Crippen molar-refractivity contribution < 1.29 is 23.5 Å². The predicted octanol–water partition coefficient (Wildman–Crippen LogP) is 3.51. The molecule has 0 saturated carbocycles. The van der Waals surface area contributed by atoms with E-state index in [1.807, 2.05) is 0 Å². The molecule has 32 heavy (non-hydrogen) atoms. The average Bonchev–Trinajstić information content (AvgIpc) is 3.32. The quantitative estimate of drug-likeness (QED) is 0.215. The molecule has 2 aliphatic rings. The first kappa shape index (κ1) is 24.5. The molecule has 1 fully saturated rings. The lowest BCUT2D eigenvalue weighted by atomic mass is 10.00. The second-order valence-corrected chi connectivity index (χ2v) is 15.3. The number of β-lactam (4-membered cyclic amide) rings is 1. The third-order valence-corrected chi connectivity index (χ3v) is 11.9. The van der Waals surface area contributed by atoms with Crippen molar-refractivity contribution in [3.8, 4) is 0 Å². The fourth-order valence-electron chi connectivity index (χ4n) is 3.06. The van der Waals surface area contributed by atoms with Crippen LogP contribution in [0.15, 0.2) is 29.8 Å². The molecule has 0 radical (unpaired) electrons. The highest BCUT2D eigenvalue weighted by molar-refractivity contribution is 8.04. The van der Waals surface area contributed by atoms with E-state index >= 15 is 0 Å². The van der Waals surface area contributed by atoms with E-state index in [4.69, 9.17) is 13.9 Å². The second kappa shape index (κ2) is 9.75. The fourth-order valence-corrected chi connectivity index (χ4v) is 5.55. The molecule has 1 amide bonds. The number of hydrogen-bond donors (Lipinski definition) is 0. The van der Waals surface area contributed by atoms with E-state index in [9.17, 15) is 9.59 Å². The summed E-state index contributed by atoms with van der Waals surface area (Å²) < 4.78 is 18.3. The van der Waals surface area contributed by atoms with Gasteiger partial charge in [-0.25, -0.2) is 9.48 Å². The number of tetrazole rings is 1. The Labute approximate surface area is 193 Å². The highest BCUT2D eigenvalue weighted by Crippen LogP contribution is 2.51. The standard InChI is InChI=1S/C20H31N5O5SSi/c1-7-11-28-19(27)30-17-15(9-8-10-24-13-21-22-23-24)31-18-14(16(26)25(17)18)12-29-32(5,6)20(2,3)4/h7,13-14,18H,1,8-12H2,2-6H3/t14-,18+/m0/s1. The molecule has 0 spiro atoms. The molecule has 3 rings (SSSR count). The number of aromatic nitrogens is 4. The molecule has 0 aromatic carbocycles. The summed E-state index contributed by atoms with van der Waals surface area (Å²) in [5, 5.41) is 11.0. The van der Waals surface area contributed by atoms with Crippen LogP contribution < -0.4 is 0 Å². The summed E-state index contributed by atoms with van der Waals surface area (Å²) in [5.74, 6) is -0.100. The van der Waals surface area contributed by atoms with Crippen molar-refractivity contribution in [3.05, 3.63) is 29.8 Å². The zero-order valence-electron chi connectivity index (χ0n) is 19.2. The first-order chi connectivity index (χ1) is 15.0.